The van der Waals surface area contributed by atoms with Gasteiger partial charge in [-0.1, -0.05) is 53.5 Å². The van der Waals surface area contributed by atoms with Crippen LogP contribution >= 0.6 is 23.2 Å². The van der Waals surface area contributed by atoms with Gasteiger partial charge in [-0.2, -0.15) is 0 Å². The SMILES string of the molecule is O=C(NCCOCc1ccccc1)c1cc(Cl)nnc1Cl. The van der Waals surface area contributed by atoms with Crippen molar-refractivity contribution in [3.63, 3.8) is 0 Å². The third-order valence-corrected chi connectivity index (χ3v) is 3.07. The summed E-state index contributed by atoms with van der Waals surface area (Å²) < 4.78 is 5.46. The maximum atomic E-state index is 11.9. The quantitative estimate of drug-likeness (QED) is 0.829. The number of aromatic nitrogens is 2. The number of nitrogens with one attached hydrogen (secondary N) is 1. The fourth-order valence-electron chi connectivity index (χ4n) is 1.61. The number of ether oxygens (including phenoxy) is 1. The molecule has 0 fully saturated rings. The van der Waals surface area contributed by atoms with E-state index in [0.29, 0.717) is 19.8 Å². The van der Waals surface area contributed by atoms with E-state index in [1.54, 1.807) is 0 Å². The molecule has 1 heterocycles. The second-order valence-corrected chi connectivity index (χ2v) is 4.91. The summed E-state index contributed by atoms with van der Waals surface area (Å²) in [4.78, 5) is 11.9. The van der Waals surface area contributed by atoms with E-state index in [-0.39, 0.29) is 21.8 Å². The molecule has 0 spiro atoms. The van der Waals surface area contributed by atoms with Crippen LogP contribution in [0.3, 0.4) is 0 Å². The van der Waals surface area contributed by atoms with E-state index in [2.05, 4.69) is 15.5 Å². The lowest BCUT2D eigenvalue weighted by atomic mass is 10.2. The van der Waals surface area contributed by atoms with Crippen LogP contribution in [0.25, 0.3) is 0 Å². The van der Waals surface area contributed by atoms with Crippen molar-refractivity contribution in [1.29, 1.82) is 0 Å². The summed E-state index contributed by atoms with van der Waals surface area (Å²) in [6.07, 6.45) is 0. The van der Waals surface area contributed by atoms with E-state index in [9.17, 15) is 4.79 Å². The van der Waals surface area contributed by atoms with E-state index >= 15 is 0 Å². The standard InChI is InChI=1S/C14H13Cl2N3O2/c15-12-8-11(13(16)19-18-12)14(20)17-6-7-21-9-10-4-2-1-3-5-10/h1-5,8H,6-7,9H2,(H,17,20). The summed E-state index contributed by atoms with van der Waals surface area (Å²) in [5, 5.41) is 9.93. The Bertz CT molecular complexity index is 608. The first-order chi connectivity index (χ1) is 10.2. The number of halogens is 2. The molecule has 7 heteroatoms. The van der Waals surface area contributed by atoms with E-state index in [1.165, 1.54) is 6.07 Å². The molecule has 0 radical (unpaired) electrons. The molecule has 0 saturated heterocycles. The molecule has 0 aliphatic heterocycles. The normalized spacial score (nSPS) is 10.4. The molecule has 21 heavy (non-hydrogen) atoms. The summed E-state index contributed by atoms with van der Waals surface area (Å²) in [7, 11) is 0. The van der Waals surface area contributed by atoms with Crippen LogP contribution in [0, 0.1) is 0 Å². The van der Waals surface area contributed by atoms with Crippen molar-refractivity contribution < 1.29 is 9.53 Å². The van der Waals surface area contributed by atoms with Crippen molar-refractivity contribution in [3.05, 3.63) is 57.8 Å². The van der Waals surface area contributed by atoms with Gasteiger partial charge in [0.1, 0.15) is 0 Å². The second-order valence-electron chi connectivity index (χ2n) is 4.17. The summed E-state index contributed by atoms with van der Waals surface area (Å²) in [5.74, 6) is -0.361. The lowest BCUT2D eigenvalue weighted by Crippen LogP contribution is -2.27. The van der Waals surface area contributed by atoms with Crippen molar-refractivity contribution in [2.24, 2.45) is 0 Å². The molecule has 0 atom stereocenters. The smallest absolute Gasteiger partial charge is 0.254 e. The van der Waals surface area contributed by atoms with Crippen LogP contribution in [0.1, 0.15) is 15.9 Å². The van der Waals surface area contributed by atoms with Gasteiger partial charge in [0.05, 0.1) is 18.8 Å². The van der Waals surface area contributed by atoms with Crippen molar-refractivity contribution in [3.8, 4) is 0 Å². The van der Waals surface area contributed by atoms with Crippen LogP contribution in [0.5, 0.6) is 0 Å². The minimum absolute atomic E-state index is 0.0158. The molecule has 0 saturated carbocycles. The highest BCUT2D eigenvalue weighted by Gasteiger charge is 2.12. The zero-order chi connectivity index (χ0) is 15.1. The van der Waals surface area contributed by atoms with Crippen molar-refractivity contribution in [1.82, 2.24) is 15.5 Å². The molecule has 2 rings (SSSR count). The largest absolute Gasteiger partial charge is 0.375 e. The maximum Gasteiger partial charge on any atom is 0.254 e. The summed E-state index contributed by atoms with van der Waals surface area (Å²) in [6.45, 7) is 1.26. The molecule has 5 nitrogen and oxygen atoms in total. The molecule has 0 aliphatic rings. The topological polar surface area (TPSA) is 64.1 Å². The molecular formula is C14H13Cl2N3O2. The fourth-order valence-corrected chi connectivity index (χ4v) is 1.93. The Morgan fingerprint density at radius 2 is 1.95 bits per heavy atom. The number of hydrogen-bond donors (Lipinski definition) is 1. The molecular weight excluding hydrogens is 313 g/mol. The van der Waals surface area contributed by atoms with E-state index < -0.39 is 0 Å². The first-order valence-corrected chi connectivity index (χ1v) is 7.01. The van der Waals surface area contributed by atoms with Crippen molar-refractivity contribution >= 4 is 29.1 Å². The van der Waals surface area contributed by atoms with E-state index in [0.717, 1.165) is 5.56 Å². The van der Waals surface area contributed by atoms with E-state index in [4.69, 9.17) is 27.9 Å². The van der Waals surface area contributed by atoms with Crippen molar-refractivity contribution in [2.75, 3.05) is 13.2 Å². The molecule has 0 bridgehead atoms. The van der Waals surface area contributed by atoms with Gasteiger partial charge in [0, 0.05) is 6.54 Å². The van der Waals surface area contributed by atoms with Crippen LogP contribution in [0.2, 0.25) is 10.3 Å². The summed E-state index contributed by atoms with van der Waals surface area (Å²) in [6, 6.07) is 11.2. The predicted molar refractivity (Wildman–Crippen MR) is 80.5 cm³/mol. The van der Waals surface area contributed by atoms with Gasteiger partial charge in [-0.05, 0) is 11.6 Å². The average molecular weight is 326 g/mol. The molecule has 0 aliphatic carbocycles. The number of hydrogen-bond acceptors (Lipinski definition) is 4. The average Bonchev–Trinajstić information content (AvgIpc) is 2.50. The summed E-state index contributed by atoms with van der Waals surface area (Å²) in [5.41, 5.74) is 1.27. The lowest BCUT2D eigenvalue weighted by Gasteiger charge is -2.07. The van der Waals surface area contributed by atoms with Gasteiger partial charge in [-0.3, -0.25) is 4.79 Å². The van der Waals surface area contributed by atoms with Crippen LogP contribution in [0.15, 0.2) is 36.4 Å². The zero-order valence-electron chi connectivity index (χ0n) is 11.1. The fraction of sp³-hybridized carbons (Fsp3) is 0.214. The Balaban J connectivity index is 1.73. The van der Waals surface area contributed by atoms with Crippen LogP contribution < -0.4 is 5.32 Å². The minimum Gasteiger partial charge on any atom is -0.375 e. The van der Waals surface area contributed by atoms with Crippen molar-refractivity contribution in [2.45, 2.75) is 6.61 Å². The first-order valence-electron chi connectivity index (χ1n) is 6.25. The summed E-state index contributed by atoms with van der Waals surface area (Å²) >= 11 is 11.5. The first kappa shape index (κ1) is 15.7. The third-order valence-electron chi connectivity index (χ3n) is 2.61. The van der Waals surface area contributed by atoms with Crippen LogP contribution in [-0.2, 0) is 11.3 Å². The molecule has 0 unspecified atom stereocenters. The van der Waals surface area contributed by atoms with Crippen LogP contribution in [-0.4, -0.2) is 29.3 Å². The number of nitrogens with zero attached hydrogens (tertiary/aromatic N) is 2. The molecule has 1 N–H and O–H groups in total. The zero-order valence-corrected chi connectivity index (χ0v) is 12.6. The highest BCUT2D eigenvalue weighted by atomic mass is 35.5. The molecule has 2 aromatic rings. The highest BCUT2D eigenvalue weighted by Crippen LogP contribution is 2.14. The Morgan fingerprint density at radius 1 is 1.19 bits per heavy atom. The molecule has 110 valence electrons. The predicted octanol–water partition coefficient (Wildman–Crippen LogP) is 2.73. The lowest BCUT2D eigenvalue weighted by molar-refractivity contribution is 0.0900. The molecule has 1 aromatic heterocycles. The van der Waals surface area contributed by atoms with Gasteiger partial charge in [-0.15, -0.1) is 10.2 Å². The number of benzene rings is 1. The van der Waals surface area contributed by atoms with Gasteiger partial charge >= 0.3 is 0 Å². The highest BCUT2D eigenvalue weighted by molar-refractivity contribution is 6.34. The van der Waals surface area contributed by atoms with Gasteiger partial charge in [0.2, 0.25) is 0 Å². The number of carbonyl (C=O) groups is 1. The maximum absolute atomic E-state index is 11.9. The van der Waals surface area contributed by atoms with E-state index in [1.807, 2.05) is 30.3 Å². The second kappa shape index (κ2) is 7.93. The Morgan fingerprint density at radius 3 is 2.71 bits per heavy atom. The van der Waals surface area contributed by atoms with Gasteiger partial charge in [-0.25, -0.2) is 0 Å². The van der Waals surface area contributed by atoms with Crippen LogP contribution in [0.4, 0.5) is 0 Å². The molecule has 1 amide bonds. The number of amides is 1. The molecule has 1 aromatic carbocycles. The Labute approximate surface area is 132 Å². The van der Waals surface area contributed by atoms with Gasteiger partial charge in [0.25, 0.3) is 5.91 Å². The number of rotatable bonds is 6. The Kier molecular flexibility index (Phi) is 5.92. The minimum atomic E-state index is -0.361. The van der Waals surface area contributed by atoms with Gasteiger partial charge in [0.15, 0.2) is 10.3 Å². The third kappa shape index (κ3) is 4.97. The number of carbonyl (C=O) groups excluding carboxylic acids is 1. The van der Waals surface area contributed by atoms with Gasteiger partial charge < -0.3 is 10.1 Å². The Hall–Kier alpha value is -1.69. The monoisotopic (exact) mass is 325 g/mol.